The number of hydrogen-bond donors (Lipinski definition) is 0. The number of hydrogen-bond acceptors (Lipinski definition) is 9. The maximum atomic E-state index is 13.1. The van der Waals surface area contributed by atoms with Crippen molar-refractivity contribution < 1.29 is 42.7 Å². The zero-order valence-electron chi connectivity index (χ0n) is 24.6. The van der Waals surface area contributed by atoms with Gasteiger partial charge in [0.1, 0.15) is 30.7 Å². The molecular weight excluding hydrogens is 576 g/mol. The molecule has 0 unspecified atom stereocenters. The van der Waals surface area contributed by atoms with E-state index in [0.29, 0.717) is 5.02 Å². The Morgan fingerprint density at radius 1 is 0.791 bits per heavy atom. The van der Waals surface area contributed by atoms with Gasteiger partial charge in [-0.15, -0.1) is 0 Å². The summed E-state index contributed by atoms with van der Waals surface area (Å²) in [5.74, 6) is -0.191. The lowest BCUT2D eigenvalue weighted by atomic mass is 9.95. The second kappa shape index (κ2) is 15.3. The van der Waals surface area contributed by atoms with Crippen LogP contribution in [0.3, 0.4) is 0 Å². The highest BCUT2D eigenvalue weighted by atomic mass is 35.5. The van der Waals surface area contributed by atoms with Crippen LogP contribution in [0.25, 0.3) is 0 Å². The fourth-order valence-electron chi connectivity index (χ4n) is 4.33. The van der Waals surface area contributed by atoms with E-state index in [1.54, 1.807) is 45.0 Å². The van der Waals surface area contributed by atoms with Crippen LogP contribution in [0.15, 0.2) is 84.9 Å². The van der Waals surface area contributed by atoms with Gasteiger partial charge < -0.3 is 33.2 Å². The maximum Gasteiger partial charge on any atom is 0.513 e. The largest absolute Gasteiger partial charge is 0.513 e. The summed E-state index contributed by atoms with van der Waals surface area (Å²) >= 11 is 5.92. The molecule has 0 aliphatic carbocycles. The first-order valence-corrected chi connectivity index (χ1v) is 14.3. The number of rotatable bonds is 11. The molecular formula is C33H37ClO9. The molecule has 0 aromatic heterocycles. The van der Waals surface area contributed by atoms with Crippen LogP contribution in [0, 0.1) is 5.41 Å². The van der Waals surface area contributed by atoms with Gasteiger partial charge in [0.25, 0.3) is 0 Å². The molecule has 3 aromatic rings. The van der Waals surface area contributed by atoms with Gasteiger partial charge in [0.05, 0.1) is 18.6 Å². The number of benzene rings is 3. The standard InChI is InChI=1S/C33H37ClO9/c1-33(2,3)31(35)43-29-28(39-20-23-13-9-6-10-14-23)27(38-19-22-11-7-5-8-12-22)26(42-30(29)37-4)21-40-32(36)41-25-17-15-24(34)16-18-25/h5-18,26-30H,19-21H2,1-4H3/t26-,27-,28+,29-,30-/m1/s1. The molecule has 1 saturated heterocycles. The normalized spacial score (nSPS) is 22.0. The van der Waals surface area contributed by atoms with Gasteiger partial charge in [-0.25, -0.2) is 4.79 Å². The minimum absolute atomic E-state index is 0.197. The molecule has 43 heavy (non-hydrogen) atoms. The van der Waals surface area contributed by atoms with Crippen molar-refractivity contribution in [3.05, 3.63) is 101 Å². The lowest BCUT2D eigenvalue weighted by Crippen LogP contribution is -2.62. The summed E-state index contributed by atoms with van der Waals surface area (Å²) in [7, 11) is 1.44. The molecule has 0 bridgehead atoms. The molecule has 9 nitrogen and oxygen atoms in total. The van der Waals surface area contributed by atoms with Crippen LogP contribution >= 0.6 is 11.6 Å². The Labute approximate surface area is 256 Å². The van der Waals surface area contributed by atoms with Crippen molar-refractivity contribution >= 4 is 23.7 Å². The second-order valence-electron chi connectivity index (χ2n) is 11.0. The maximum absolute atomic E-state index is 13.1. The van der Waals surface area contributed by atoms with Crippen molar-refractivity contribution in [1.82, 2.24) is 0 Å². The van der Waals surface area contributed by atoms with E-state index in [2.05, 4.69) is 0 Å². The minimum Gasteiger partial charge on any atom is -0.454 e. The Morgan fingerprint density at radius 3 is 1.88 bits per heavy atom. The zero-order valence-corrected chi connectivity index (χ0v) is 25.4. The van der Waals surface area contributed by atoms with Gasteiger partial charge in [-0.1, -0.05) is 72.3 Å². The first kappa shape index (κ1) is 32.4. The molecule has 0 saturated carbocycles. The third-order valence-electron chi connectivity index (χ3n) is 6.63. The zero-order chi connectivity index (χ0) is 30.8. The molecule has 1 aliphatic heterocycles. The summed E-state index contributed by atoms with van der Waals surface area (Å²) in [5, 5.41) is 0.503. The van der Waals surface area contributed by atoms with Crippen LogP contribution in [0.5, 0.6) is 5.75 Å². The van der Waals surface area contributed by atoms with E-state index in [1.165, 1.54) is 7.11 Å². The van der Waals surface area contributed by atoms with E-state index < -0.39 is 48.2 Å². The van der Waals surface area contributed by atoms with Gasteiger partial charge in [-0.3, -0.25) is 4.79 Å². The molecule has 1 fully saturated rings. The fourth-order valence-corrected chi connectivity index (χ4v) is 4.46. The highest BCUT2D eigenvalue weighted by molar-refractivity contribution is 6.30. The number of halogens is 1. The molecule has 0 N–H and O–H groups in total. The van der Waals surface area contributed by atoms with E-state index >= 15 is 0 Å². The predicted octanol–water partition coefficient (Wildman–Crippen LogP) is 6.36. The lowest BCUT2D eigenvalue weighted by molar-refractivity contribution is -0.315. The Balaban J connectivity index is 1.59. The molecule has 3 aromatic carbocycles. The molecule has 0 radical (unpaired) electrons. The van der Waals surface area contributed by atoms with E-state index in [0.717, 1.165) is 11.1 Å². The first-order valence-electron chi connectivity index (χ1n) is 13.9. The summed E-state index contributed by atoms with van der Waals surface area (Å²) in [4.78, 5) is 25.7. The number of ether oxygens (including phenoxy) is 7. The highest BCUT2D eigenvalue weighted by Gasteiger charge is 2.51. The molecule has 0 spiro atoms. The minimum atomic E-state index is -1.04. The third-order valence-corrected chi connectivity index (χ3v) is 6.88. The summed E-state index contributed by atoms with van der Waals surface area (Å²) in [6.45, 7) is 5.41. The van der Waals surface area contributed by atoms with Crippen LogP contribution in [0.1, 0.15) is 31.9 Å². The lowest BCUT2D eigenvalue weighted by Gasteiger charge is -2.45. The SMILES string of the molecule is CO[C@@H]1O[C@H](COC(=O)Oc2ccc(Cl)cc2)[C@@H](OCc2ccccc2)[C@H](OCc2ccccc2)[C@H]1OC(=O)C(C)(C)C. The van der Waals surface area contributed by atoms with Crippen molar-refractivity contribution in [2.45, 2.75) is 64.7 Å². The second-order valence-corrected chi connectivity index (χ2v) is 11.5. The Bertz CT molecular complexity index is 1300. The number of esters is 1. The molecule has 4 rings (SSSR count). The van der Waals surface area contributed by atoms with Gasteiger partial charge in [0.15, 0.2) is 12.4 Å². The Morgan fingerprint density at radius 2 is 1.35 bits per heavy atom. The molecule has 230 valence electrons. The number of carbonyl (C=O) groups excluding carboxylic acids is 2. The van der Waals surface area contributed by atoms with Gasteiger partial charge in [-0.2, -0.15) is 0 Å². The van der Waals surface area contributed by atoms with Crippen molar-refractivity contribution in [2.75, 3.05) is 13.7 Å². The van der Waals surface area contributed by atoms with Crippen molar-refractivity contribution in [2.24, 2.45) is 5.41 Å². The van der Waals surface area contributed by atoms with Gasteiger partial charge in [-0.05, 0) is 56.2 Å². The third kappa shape index (κ3) is 9.51. The Hall–Kier alpha value is -3.47. The summed E-state index contributed by atoms with van der Waals surface area (Å²) in [6.07, 6.45) is -5.52. The van der Waals surface area contributed by atoms with E-state index in [-0.39, 0.29) is 25.6 Å². The molecule has 5 atom stereocenters. The number of methoxy groups -OCH3 is 1. The van der Waals surface area contributed by atoms with E-state index in [1.807, 2.05) is 60.7 Å². The average Bonchev–Trinajstić information content (AvgIpc) is 3.00. The van der Waals surface area contributed by atoms with Crippen LogP contribution in [-0.2, 0) is 46.4 Å². The van der Waals surface area contributed by atoms with Crippen molar-refractivity contribution in [3.63, 3.8) is 0 Å². The van der Waals surface area contributed by atoms with E-state index in [4.69, 9.17) is 44.8 Å². The summed E-state index contributed by atoms with van der Waals surface area (Å²) in [5.41, 5.74) is 1.02. The monoisotopic (exact) mass is 612 g/mol. The predicted molar refractivity (Wildman–Crippen MR) is 158 cm³/mol. The van der Waals surface area contributed by atoms with Gasteiger partial charge >= 0.3 is 12.1 Å². The van der Waals surface area contributed by atoms with Gasteiger partial charge in [0, 0.05) is 12.1 Å². The molecule has 10 heteroatoms. The van der Waals surface area contributed by atoms with Crippen LogP contribution in [-0.4, -0.2) is 56.5 Å². The van der Waals surface area contributed by atoms with Crippen molar-refractivity contribution in [1.29, 1.82) is 0 Å². The van der Waals surface area contributed by atoms with Crippen molar-refractivity contribution in [3.8, 4) is 5.75 Å². The smallest absolute Gasteiger partial charge is 0.454 e. The number of carbonyl (C=O) groups is 2. The van der Waals surface area contributed by atoms with Crippen LogP contribution < -0.4 is 4.74 Å². The highest BCUT2D eigenvalue weighted by Crippen LogP contribution is 2.32. The molecule has 0 amide bonds. The summed E-state index contributed by atoms with van der Waals surface area (Å²) in [6, 6.07) is 25.4. The average molecular weight is 613 g/mol. The fraction of sp³-hybridized carbons (Fsp3) is 0.394. The summed E-state index contributed by atoms with van der Waals surface area (Å²) < 4.78 is 41.4. The molecule has 1 heterocycles. The van der Waals surface area contributed by atoms with E-state index in [9.17, 15) is 9.59 Å². The van der Waals surface area contributed by atoms with Crippen LogP contribution in [0.4, 0.5) is 4.79 Å². The Kier molecular flexibility index (Phi) is 11.6. The first-order chi connectivity index (χ1) is 20.6. The quantitative estimate of drug-likeness (QED) is 0.181. The topological polar surface area (TPSA) is 98.8 Å². The molecule has 1 aliphatic rings. The van der Waals surface area contributed by atoms with Crippen LogP contribution in [0.2, 0.25) is 5.02 Å². The van der Waals surface area contributed by atoms with Gasteiger partial charge in [0.2, 0.25) is 0 Å².